The summed E-state index contributed by atoms with van der Waals surface area (Å²) in [6.07, 6.45) is 5.50. The molecule has 112 valence electrons. The summed E-state index contributed by atoms with van der Waals surface area (Å²) in [7, 11) is 0. The Morgan fingerprint density at radius 3 is 3.05 bits per heavy atom. The molecule has 0 spiro atoms. The molecule has 6 heteroatoms. The molecule has 0 saturated carbocycles. The first-order valence-corrected chi connectivity index (χ1v) is 7.44. The molecule has 0 amide bonds. The number of benzene rings is 1. The van der Waals surface area contributed by atoms with Crippen LogP contribution in [0, 0.1) is 0 Å². The lowest BCUT2D eigenvalue weighted by molar-refractivity contribution is 0.0273. The zero-order valence-electron chi connectivity index (χ0n) is 12.2. The Kier molecular flexibility index (Phi) is 3.44. The summed E-state index contributed by atoms with van der Waals surface area (Å²) in [5, 5.41) is 5.34. The molecule has 0 bridgehead atoms. The number of hydrogen-bond donors (Lipinski definition) is 0. The van der Waals surface area contributed by atoms with Gasteiger partial charge in [0.15, 0.2) is 0 Å². The van der Waals surface area contributed by atoms with Crippen molar-refractivity contribution < 1.29 is 4.74 Å². The largest absolute Gasteiger partial charge is 0.373 e. The fourth-order valence-corrected chi connectivity index (χ4v) is 2.88. The fourth-order valence-electron chi connectivity index (χ4n) is 2.88. The SMILES string of the molecule is c1ccc2c(N3CCO[C@H](Cn4cccn4)C3)ncnc2c1. The van der Waals surface area contributed by atoms with Crippen LogP contribution in [0.25, 0.3) is 10.9 Å². The quantitative estimate of drug-likeness (QED) is 0.736. The van der Waals surface area contributed by atoms with Gasteiger partial charge in [-0.15, -0.1) is 0 Å². The minimum Gasteiger partial charge on any atom is -0.373 e. The van der Waals surface area contributed by atoms with Crippen molar-refractivity contribution in [1.29, 1.82) is 0 Å². The van der Waals surface area contributed by atoms with Gasteiger partial charge in [-0.25, -0.2) is 9.97 Å². The second-order valence-electron chi connectivity index (χ2n) is 5.38. The first kappa shape index (κ1) is 13.2. The van der Waals surface area contributed by atoms with E-state index in [1.807, 2.05) is 35.1 Å². The summed E-state index contributed by atoms with van der Waals surface area (Å²) in [6.45, 7) is 3.11. The van der Waals surface area contributed by atoms with Gasteiger partial charge in [0, 0.05) is 30.9 Å². The van der Waals surface area contributed by atoms with Gasteiger partial charge in [0.2, 0.25) is 0 Å². The van der Waals surface area contributed by atoms with Gasteiger partial charge in [0.05, 0.1) is 24.8 Å². The summed E-state index contributed by atoms with van der Waals surface area (Å²) in [6, 6.07) is 10.0. The van der Waals surface area contributed by atoms with Crippen LogP contribution in [-0.4, -0.2) is 45.5 Å². The Morgan fingerprint density at radius 1 is 1.18 bits per heavy atom. The molecule has 4 rings (SSSR count). The molecule has 2 aromatic heterocycles. The average Bonchev–Trinajstić information content (AvgIpc) is 3.07. The summed E-state index contributed by atoms with van der Waals surface area (Å²) < 4.78 is 7.78. The molecule has 0 radical (unpaired) electrons. The third kappa shape index (κ3) is 2.53. The number of para-hydroxylation sites is 1. The van der Waals surface area contributed by atoms with E-state index in [4.69, 9.17) is 4.74 Å². The smallest absolute Gasteiger partial charge is 0.140 e. The van der Waals surface area contributed by atoms with Crippen molar-refractivity contribution in [3.05, 3.63) is 49.1 Å². The molecule has 1 saturated heterocycles. The minimum absolute atomic E-state index is 0.113. The third-order valence-corrected chi connectivity index (χ3v) is 3.91. The Bertz CT molecular complexity index is 753. The summed E-state index contributed by atoms with van der Waals surface area (Å²) in [5.74, 6) is 0.986. The normalized spacial score (nSPS) is 18.7. The molecule has 1 atom stereocenters. The molecule has 6 nitrogen and oxygen atoms in total. The average molecular weight is 295 g/mol. The lowest BCUT2D eigenvalue weighted by atomic mass is 10.2. The van der Waals surface area contributed by atoms with Gasteiger partial charge in [-0.2, -0.15) is 5.10 Å². The molecule has 1 fully saturated rings. The fraction of sp³-hybridized carbons (Fsp3) is 0.312. The van der Waals surface area contributed by atoms with E-state index in [1.54, 1.807) is 12.5 Å². The van der Waals surface area contributed by atoms with E-state index < -0.39 is 0 Å². The number of fused-ring (bicyclic) bond motifs is 1. The maximum absolute atomic E-state index is 5.87. The van der Waals surface area contributed by atoms with Crippen LogP contribution in [0.15, 0.2) is 49.1 Å². The van der Waals surface area contributed by atoms with Crippen molar-refractivity contribution in [2.75, 3.05) is 24.6 Å². The second-order valence-corrected chi connectivity index (χ2v) is 5.38. The maximum atomic E-state index is 5.87. The third-order valence-electron chi connectivity index (χ3n) is 3.91. The first-order chi connectivity index (χ1) is 10.9. The van der Waals surface area contributed by atoms with Gasteiger partial charge in [-0.1, -0.05) is 12.1 Å². The van der Waals surface area contributed by atoms with Crippen molar-refractivity contribution in [1.82, 2.24) is 19.7 Å². The highest BCUT2D eigenvalue weighted by atomic mass is 16.5. The second kappa shape index (κ2) is 5.73. The Hall–Kier alpha value is -2.47. The molecular weight excluding hydrogens is 278 g/mol. The van der Waals surface area contributed by atoms with E-state index in [9.17, 15) is 0 Å². The van der Waals surface area contributed by atoms with Crippen LogP contribution in [0.1, 0.15) is 0 Å². The number of hydrogen-bond acceptors (Lipinski definition) is 5. The van der Waals surface area contributed by atoms with Crippen molar-refractivity contribution in [2.45, 2.75) is 12.6 Å². The van der Waals surface area contributed by atoms with E-state index in [0.717, 1.165) is 36.4 Å². The van der Waals surface area contributed by atoms with Crippen LogP contribution < -0.4 is 4.90 Å². The lowest BCUT2D eigenvalue weighted by Gasteiger charge is -2.34. The van der Waals surface area contributed by atoms with Crippen LogP contribution in [0.3, 0.4) is 0 Å². The number of rotatable bonds is 3. The van der Waals surface area contributed by atoms with Gasteiger partial charge >= 0.3 is 0 Å². The zero-order valence-corrected chi connectivity index (χ0v) is 12.2. The first-order valence-electron chi connectivity index (χ1n) is 7.44. The van der Waals surface area contributed by atoms with Crippen LogP contribution in [0.4, 0.5) is 5.82 Å². The molecule has 1 aliphatic heterocycles. The molecule has 0 N–H and O–H groups in total. The highest BCUT2D eigenvalue weighted by molar-refractivity contribution is 5.89. The maximum Gasteiger partial charge on any atom is 0.140 e. The van der Waals surface area contributed by atoms with Crippen LogP contribution >= 0.6 is 0 Å². The van der Waals surface area contributed by atoms with Gasteiger partial charge < -0.3 is 9.64 Å². The highest BCUT2D eigenvalue weighted by Gasteiger charge is 2.23. The lowest BCUT2D eigenvalue weighted by Crippen LogP contribution is -2.44. The topological polar surface area (TPSA) is 56.1 Å². The molecule has 22 heavy (non-hydrogen) atoms. The van der Waals surface area contributed by atoms with E-state index in [1.165, 1.54) is 0 Å². The van der Waals surface area contributed by atoms with Crippen LogP contribution in [0.5, 0.6) is 0 Å². The molecule has 3 aromatic rings. The Labute approximate surface area is 128 Å². The summed E-state index contributed by atoms with van der Waals surface area (Å²) in [4.78, 5) is 11.1. The molecule has 0 aliphatic carbocycles. The molecule has 1 aromatic carbocycles. The van der Waals surface area contributed by atoms with Gasteiger partial charge in [-0.3, -0.25) is 4.68 Å². The molecular formula is C16H17N5O. The predicted molar refractivity (Wildman–Crippen MR) is 83.7 cm³/mol. The van der Waals surface area contributed by atoms with Crippen molar-refractivity contribution in [2.24, 2.45) is 0 Å². The van der Waals surface area contributed by atoms with E-state index in [2.05, 4.69) is 26.0 Å². The number of morpholine rings is 1. The van der Waals surface area contributed by atoms with Gasteiger partial charge in [0.25, 0.3) is 0 Å². The monoisotopic (exact) mass is 295 g/mol. The van der Waals surface area contributed by atoms with E-state index in [-0.39, 0.29) is 6.10 Å². The predicted octanol–water partition coefficient (Wildman–Crippen LogP) is 1.73. The summed E-state index contributed by atoms with van der Waals surface area (Å²) >= 11 is 0. The Morgan fingerprint density at radius 2 is 2.14 bits per heavy atom. The number of nitrogens with zero attached hydrogens (tertiary/aromatic N) is 5. The molecule has 3 heterocycles. The van der Waals surface area contributed by atoms with E-state index >= 15 is 0 Å². The number of ether oxygens (including phenoxy) is 1. The molecule has 0 unspecified atom stereocenters. The zero-order chi connectivity index (χ0) is 14.8. The minimum atomic E-state index is 0.113. The van der Waals surface area contributed by atoms with E-state index in [0.29, 0.717) is 6.61 Å². The van der Waals surface area contributed by atoms with Crippen LogP contribution in [0.2, 0.25) is 0 Å². The van der Waals surface area contributed by atoms with Crippen molar-refractivity contribution in [3.63, 3.8) is 0 Å². The summed E-state index contributed by atoms with van der Waals surface area (Å²) in [5.41, 5.74) is 0.975. The Balaban J connectivity index is 1.58. The van der Waals surface area contributed by atoms with Gasteiger partial charge in [-0.05, 0) is 18.2 Å². The molecule has 1 aliphatic rings. The van der Waals surface area contributed by atoms with Crippen LogP contribution in [-0.2, 0) is 11.3 Å². The van der Waals surface area contributed by atoms with Gasteiger partial charge in [0.1, 0.15) is 12.1 Å². The highest BCUT2D eigenvalue weighted by Crippen LogP contribution is 2.24. The van der Waals surface area contributed by atoms with Crippen molar-refractivity contribution in [3.8, 4) is 0 Å². The number of aromatic nitrogens is 4. The van der Waals surface area contributed by atoms with Crippen molar-refractivity contribution >= 4 is 16.7 Å². The standard InChI is InChI=1S/C16H17N5O/c1-2-5-15-14(4-1)16(18-12-17-15)20-8-9-22-13(10-20)11-21-7-3-6-19-21/h1-7,12-13H,8-11H2/t13-/m0/s1. The number of anilines is 1.